The van der Waals surface area contributed by atoms with Gasteiger partial charge in [0.15, 0.2) is 5.78 Å². The van der Waals surface area contributed by atoms with E-state index in [1.54, 1.807) is 11.8 Å². The number of rotatable bonds is 7. The maximum atomic E-state index is 12.3. The number of hydrogen-bond donors (Lipinski definition) is 0. The zero-order valence-electron chi connectivity index (χ0n) is 13.1. The Labute approximate surface area is 128 Å². The summed E-state index contributed by atoms with van der Waals surface area (Å²) in [6.45, 7) is 10.7. The van der Waals surface area contributed by atoms with E-state index in [9.17, 15) is 9.59 Å². The Morgan fingerprint density at radius 2 is 2.05 bits per heavy atom. The molecule has 0 saturated heterocycles. The third-order valence-electron chi connectivity index (χ3n) is 3.26. The second-order valence-electron chi connectivity index (χ2n) is 6.41. The van der Waals surface area contributed by atoms with Crippen LogP contribution in [0.25, 0.3) is 0 Å². The van der Waals surface area contributed by atoms with E-state index >= 15 is 0 Å². The summed E-state index contributed by atoms with van der Waals surface area (Å²) in [5, 5.41) is 0. The van der Waals surface area contributed by atoms with E-state index in [-0.39, 0.29) is 17.1 Å². The molecule has 1 unspecified atom stereocenters. The first-order chi connectivity index (χ1) is 9.27. The molecule has 3 nitrogen and oxygen atoms in total. The number of hydrogen-bond acceptors (Lipinski definition) is 4. The van der Waals surface area contributed by atoms with Gasteiger partial charge >= 0.3 is 0 Å². The van der Waals surface area contributed by atoms with Crippen LogP contribution in [0.4, 0.5) is 0 Å². The standard InChI is InChI=1S/C15H25O3SSi/c1-15(2,3)11-10-12(17)14(13(11)18-20(4)5)19-9-7-6-8-16/h8,11H,6-7,9-10H2,1-5H3. The molecule has 113 valence electrons. The molecule has 0 bridgehead atoms. The van der Waals surface area contributed by atoms with Crippen LogP contribution in [-0.2, 0) is 14.0 Å². The number of carbonyl (C=O) groups is 2. The van der Waals surface area contributed by atoms with Crippen molar-refractivity contribution in [1.82, 2.24) is 0 Å². The smallest absolute Gasteiger partial charge is 0.273 e. The molecule has 20 heavy (non-hydrogen) atoms. The fourth-order valence-corrected chi connectivity index (χ4v) is 4.04. The van der Waals surface area contributed by atoms with E-state index < -0.39 is 9.04 Å². The lowest BCUT2D eigenvalue weighted by atomic mass is 9.79. The second kappa shape index (κ2) is 7.45. The van der Waals surface area contributed by atoms with Gasteiger partial charge < -0.3 is 9.22 Å². The number of allylic oxidation sites excluding steroid dienone is 2. The van der Waals surface area contributed by atoms with Crippen LogP contribution in [0.2, 0.25) is 13.1 Å². The Bertz CT molecular complexity index is 396. The van der Waals surface area contributed by atoms with Crippen molar-refractivity contribution in [3.8, 4) is 0 Å². The fourth-order valence-electron chi connectivity index (χ4n) is 2.20. The summed E-state index contributed by atoms with van der Waals surface area (Å²) in [6, 6.07) is 0. The molecule has 0 amide bonds. The van der Waals surface area contributed by atoms with Gasteiger partial charge in [-0.3, -0.25) is 4.79 Å². The molecule has 1 aliphatic carbocycles. The monoisotopic (exact) mass is 313 g/mol. The summed E-state index contributed by atoms with van der Waals surface area (Å²) in [7, 11) is -0.879. The van der Waals surface area contributed by atoms with Crippen molar-refractivity contribution in [1.29, 1.82) is 0 Å². The summed E-state index contributed by atoms with van der Waals surface area (Å²) in [6.07, 6.45) is 2.86. The molecule has 0 aromatic rings. The van der Waals surface area contributed by atoms with Crippen LogP contribution in [0.3, 0.4) is 0 Å². The number of carbonyl (C=O) groups excluding carboxylic acids is 2. The van der Waals surface area contributed by atoms with Gasteiger partial charge in [0.25, 0.3) is 9.04 Å². The number of thioether (sulfide) groups is 1. The predicted molar refractivity (Wildman–Crippen MR) is 85.9 cm³/mol. The molecular weight excluding hydrogens is 288 g/mol. The van der Waals surface area contributed by atoms with E-state index in [0.717, 1.165) is 29.1 Å². The molecule has 0 aliphatic heterocycles. The SMILES string of the molecule is C[Si](C)OC1=C(SCCCC=O)C(=O)CC1C(C)(C)C. The van der Waals surface area contributed by atoms with E-state index in [1.807, 2.05) is 0 Å². The van der Waals surface area contributed by atoms with Crippen molar-refractivity contribution < 1.29 is 14.0 Å². The quantitative estimate of drug-likeness (QED) is 0.407. The van der Waals surface area contributed by atoms with Gasteiger partial charge in [0.2, 0.25) is 0 Å². The first kappa shape index (κ1) is 17.5. The van der Waals surface area contributed by atoms with Crippen LogP contribution in [0.1, 0.15) is 40.0 Å². The molecule has 1 radical (unpaired) electrons. The minimum absolute atomic E-state index is 0.0351. The van der Waals surface area contributed by atoms with Gasteiger partial charge in [-0.15, -0.1) is 11.8 Å². The molecule has 0 aromatic heterocycles. The average molecular weight is 314 g/mol. The zero-order chi connectivity index (χ0) is 15.3. The summed E-state index contributed by atoms with van der Waals surface area (Å²) in [5.41, 5.74) is 0.0351. The maximum Gasteiger partial charge on any atom is 0.273 e. The largest absolute Gasteiger partial charge is 0.544 e. The van der Waals surface area contributed by atoms with E-state index in [1.165, 1.54) is 0 Å². The molecular formula is C15H25O3SSi. The number of ketones is 1. The normalized spacial score (nSPS) is 19.9. The maximum absolute atomic E-state index is 12.3. The molecule has 1 atom stereocenters. The Kier molecular flexibility index (Phi) is 6.52. The number of unbranched alkanes of at least 4 members (excludes halogenated alkanes) is 1. The van der Waals surface area contributed by atoms with Gasteiger partial charge in [0.05, 0.1) is 4.91 Å². The van der Waals surface area contributed by atoms with Crippen LogP contribution >= 0.6 is 11.8 Å². The molecule has 0 spiro atoms. The van der Waals surface area contributed by atoms with E-state index in [0.29, 0.717) is 12.8 Å². The number of aldehydes is 1. The van der Waals surface area contributed by atoms with E-state index in [2.05, 4.69) is 33.9 Å². The van der Waals surface area contributed by atoms with Crippen molar-refractivity contribution in [2.24, 2.45) is 11.3 Å². The lowest BCUT2D eigenvalue weighted by molar-refractivity contribution is -0.115. The van der Waals surface area contributed by atoms with Gasteiger partial charge in [-0.25, -0.2) is 0 Å². The highest BCUT2D eigenvalue weighted by Crippen LogP contribution is 2.45. The van der Waals surface area contributed by atoms with Gasteiger partial charge in [-0.05, 0) is 30.7 Å². The Balaban J connectivity index is 2.89. The van der Waals surface area contributed by atoms with Gasteiger partial charge in [0, 0.05) is 18.8 Å². The van der Waals surface area contributed by atoms with Crippen LogP contribution in [0.5, 0.6) is 0 Å². The van der Waals surface area contributed by atoms with Crippen molar-refractivity contribution in [2.45, 2.75) is 53.1 Å². The Morgan fingerprint density at radius 1 is 1.40 bits per heavy atom. The van der Waals surface area contributed by atoms with Crippen LogP contribution in [0, 0.1) is 11.3 Å². The highest BCUT2D eigenvalue weighted by Gasteiger charge is 2.40. The van der Waals surface area contributed by atoms with Crippen molar-refractivity contribution in [2.75, 3.05) is 5.75 Å². The first-order valence-corrected chi connectivity index (χ1v) is 10.5. The zero-order valence-corrected chi connectivity index (χ0v) is 14.9. The molecule has 0 heterocycles. The molecule has 0 saturated carbocycles. The van der Waals surface area contributed by atoms with Crippen LogP contribution in [0.15, 0.2) is 10.7 Å². The van der Waals surface area contributed by atoms with Crippen molar-refractivity contribution >= 4 is 32.9 Å². The van der Waals surface area contributed by atoms with Gasteiger partial charge in [0.1, 0.15) is 12.0 Å². The minimum Gasteiger partial charge on any atom is -0.544 e. The summed E-state index contributed by atoms with van der Waals surface area (Å²) in [4.78, 5) is 23.4. The third kappa shape index (κ3) is 4.77. The molecule has 0 N–H and O–H groups in total. The molecule has 1 rings (SSSR count). The third-order valence-corrected chi connectivity index (χ3v) is 5.09. The highest BCUT2D eigenvalue weighted by molar-refractivity contribution is 8.04. The van der Waals surface area contributed by atoms with Crippen LogP contribution in [-0.4, -0.2) is 26.9 Å². The molecule has 5 heteroatoms. The lowest BCUT2D eigenvalue weighted by Crippen LogP contribution is -2.24. The lowest BCUT2D eigenvalue weighted by Gasteiger charge is -2.29. The minimum atomic E-state index is -0.879. The average Bonchev–Trinajstić information content (AvgIpc) is 2.61. The highest BCUT2D eigenvalue weighted by atomic mass is 32.2. The summed E-state index contributed by atoms with van der Waals surface area (Å²) < 4.78 is 6.06. The van der Waals surface area contributed by atoms with Crippen molar-refractivity contribution in [3.63, 3.8) is 0 Å². The second-order valence-corrected chi connectivity index (χ2v) is 9.53. The topological polar surface area (TPSA) is 43.4 Å². The Morgan fingerprint density at radius 3 is 2.55 bits per heavy atom. The molecule has 0 aromatic carbocycles. The fraction of sp³-hybridized carbons (Fsp3) is 0.733. The summed E-state index contributed by atoms with van der Waals surface area (Å²) in [5.74, 6) is 2.11. The summed E-state index contributed by atoms with van der Waals surface area (Å²) >= 11 is 1.56. The molecule has 1 aliphatic rings. The molecule has 0 fully saturated rings. The Hall–Kier alpha value is -0.553. The van der Waals surface area contributed by atoms with E-state index in [4.69, 9.17) is 4.43 Å². The first-order valence-electron chi connectivity index (χ1n) is 7.09. The van der Waals surface area contributed by atoms with Gasteiger partial charge in [-0.1, -0.05) is 20.8 Å². The van der Waals surface area contributed by atoms with Crippen LogP contribution < -0.4 is 0 Å². The predicted octanol–water partition coefficient (Wildman–Crippen LogP) is 3.81. The van der Waals surface area contributed by atoms with Gasteiger partial charge in [-0.2, -0.15) is 0 Å². The number of Topliss-reactive ketones (excluding diaryl/α,β-unsaturated/α-hetero) is 1. The van der Waals surface area contributed by atoms with Crippen molar-refractivity contribution in [3.05, 3.63) is 10.7 Å².